The third kappa shape index (κ3) is 2.18. The van der Waals surface area contributed by atoms with Crippen molar-refractivity contribution < 1.29 is 4.74 Å². The number of nitrogens with zero attached hydrogens (tertiary/aromatic N) is 1. The van der Waals surface area contributed by atoms with Crippen LogP contribution < -0.4 is 0 Å². The zero-order valence-electron chi connectivity index (χ0n) is 10.0. The molecule has 1 unspecified atom stereocenters. The summed E-state index contributed by atoms with van der Waals surface area (Å²) in [6.45, 7) is 7.17. The summed E-state index contributed by atoms with van der Waals surface area (Å²) in [4.78, 5) is 7.77. The zero-order chi connectivity index (χ0) is 11.8. The molecule has 2 heterocycles. The average molecular weight is 238 g/mol. The number of ether oxygens (including phenoxy) is 1. The molecule has 0 radical (unpaired) electrons. The fraction of sp³-hybridized carbons (Fsp3) is 0.667. The Balaban J connectivity index is 2.44. The second-order valence-electron chi connectivity index (χ2n) is 4.86. The minimum absolute atomic E-state index is 0.279. The van der Waals surface area contributed by atoms with Gasteiger partial charge in [-0.25, -0.2) is 4.98 Å². The third-order valence-corrected chi connectivity index (χ3v) is 3.31. The Kier molecular flexibility index (Phi) is 3.13. The first-order valence-electron chi connectivity index (χ1n) is 5.77. The number of hydrogen-bond donors (Lipinski definition) is 1. The first-order valence-corrected chi connectivity index (χ1v) is 6.18. The molecule has 0 spiro atoms. The third-order valence-electron chi connectivity index (χ3n) is 3.11. The minimum atomic E-state index is -0.279. The van der Waals surface area contributed by atoms with E-state index in [0.717, 1.165) is 31.0 Å². The van der Waals surface area contributed by atoms with E-state index in [0.29, 0.717) is 10.6 Å². The minimum Gasteiger partial charge on any atom is -0.367 e. The monoisotopic (exact) mass is 238 g/mol. The topological polar surface area (TPSA) is 37.9 Å². The molecular formula is C12H18N2OS. The fourth-order valence-corrected chi connectivity index (χ4v) is 2.22. The lowest BCUT2D eigenvalue weighted by Crippen LogP contribution is -2.24. The van der Waals surface area contributed by atoms with Crippen LogP contribution in [0.1, 0.15) is 51.0 Å². The van der Waals surface area contributed by atoms with E-state index >= 15 is 0 Å². The van der Waals surface area contributed by atoms with E-state index in [4.69, 9.17) is 17.0 Å². The predicted molar refractivity (Wildman–Crippen MR) is 66.0 cm³/mol. The van der Waals surface area contributed by atoms with Crippen molar-refractivity contribution >= 4 is 12.2 Å². The maximum absolute atomic E-state index is 5.78. The van der Waals surface area contributed by atoms with Crippen LogP contribution in [0, 0.1) is 4.64 Å². The van der Waals surface area contributed by atoms with Gasteiger partial charge in [0, 0.05) is 12.3 Å². The van der Waals surface area contributed by atoms with Crippen LogP contribution >= 0.6 is 12.2 Å². The summed E-state index contributed by atoms with van der Waals surface area (Å²) >= 11 is 5.20. The van der Waals surface area contributed by atoms with Crippen molar-refractivity contribution in [2.75, 3.05) is 6.61 Å². The molecule has 1 atom stereocenters. The highest BCUT2D eigenvalue weighted by Gasteiger charge is 2.34. The van der Waals surface area contributed by atoms with Gasteiger partial charge in [-0.1, -0.05) is 26.1 Å². The average Bonchev–Trinajstić information content (AvgIpc) is 2.65. The summed E-state index contributed by atoms with van der Waals surface area (Å²) < 4.78 is 6.42. The van der Waals surface area contributed by atoms with Crippen LogP contribution in [0.25, 0.3) is 0 Å². The van der Waals surface area contributed by atoms with Crippen LogP contribution in [-0.2, 0) is 10.3 Å². The van der Waals surface area contributed by atoms with Crippen LogP contribution in [0.3, 0.4) is 0 Å². The summed E-state index contributed by atoms with van der Waals surface area (Å²) in [5.74, 6) is 1.30. The van der Waals surface area contributed by atoms with Crippen molar-refractivity contribution in [1.29, 1.82) is 0 Å². The van der Waals surface area contributed by atoms with Crippen LogP contribution in [-0.4, -0.2) is 16.6 Å². The van der Waals surface area contributed by atoms with Gasteiger partial charge in [-0.3, -0.25) is 0 Å². The van der Waals surface area contributed by atoms with Crippen molar-refractivity contribution in [2.24, 2.45) is 0 Å². The highest BCUT2D eigenvalue weighted by Crippen LogP contribution is 2.33. The normalized spacial score (nSPS) is 25.2. The molecule has 1 aliphatic heterocycles. The van der Waals surface area contributed by atoms with E-state index in [9.17, 15) is 0 Å². The predicted octanol–water partition coefficient (Wildman–Crippen LogP) is 3.29. The molecule has 1 fully saturated rings. The lowest BCUT2D eigenvalue weighted by molar-refractivity contribution is 0.00903. The Labute approximate surface area is 101 Å². The molecule has 0 saturated carbocycles. The van der Waals surface area contributed by atoms with Gasteiger partial charge in [-0.05, 0) is 31.7 Å². The Morgan fingerprint density at radius 1 is 1.56 bits per heavy atom. The van der Waals surface area contributed by atoms with Crippen LogP contribution in [0.5, 0.6) is 0 Å². The van der Waals surface area contributed by atoms with Gasteiger partial charge in [0.1, 0.15) is 16.1 Å². The lowest BCUT2D eigenvalue weighted by atomic mass is 10.0. The van der Waals surface area contributed by atoms with Gasteiger partial charge in [0.05, 0.1) is 0 Å². The smallest absolute Gasteiger partial charge is 0.140 e. The van der Waals surface area contributed by atoms with Gasteiger partial charge < -0.3 is 9.72 Å². The molecule has 0 aromatic carbocycles. The fourth-order valence-electron chi connectivity index (χ4n) is 2.00. The summed E-state index contributed by atoms with van der Waals surface area (Å²) in [5.41, 5.74) is 0.852. The van der Waals surface area contributed by atoms with E-state index in [1.807, 2.05) is 6.07 Å². The summed E-state index contributed by atoms with van der Waals surface area (Å²) in [6, 6.07) is 1.93. The highest BCUT2D eigenvalue weighted by atomic mass is 32.1. The molecule has 16 heavy (non-hydrogen) atoms. The first-order chi connectivity index (χ1) is 7.51. The molecule has 2 rings (SSSR count). The Morgan fingerprint density at radius 2 is 2.31 bits per heavy atom. The van der Waals surface area contributed by atoms with Crippen LogP contribution in [0.4, 0.5) is 0 Å². The van der Waals surface area contributed by atoms with Crippen molar-refractivity contribution in [2.45, 2.75) is 45.1 Å². The number of hydrogen-bond acceptors (Lipinski definition) is 3. The Hall–Kier alpha value is -0.740. The molecule has 1 saturated heterocycles. The summed E-state index contributed by atoms with van der Waals surface area (Å²) in [7, 11) is 0. The van der Waals surface area contributed by atoms with Crippen molar-refractivity contribution in [3.05, 3.63) is 22.2 Å². The highest BCUT2D eigenvalue weighted by molar-refractivity contribution is 7.71. The molecule has 1 aromatic heterocycles. The Bertz CT molecular complexity index is 433. The number of aromatic nitrogens is 2. The van der Waals surface area contributed by atoms with Gasteiger partial charge in [-0.15, -0.1) is 0 Å². The molecule has 1 N–H and O–H groups in total. The standard InChI is InChI=1S/C12H18N2OS/c1-8(2)9-7-10(16)14-11(13-9)12(3)5-4-6-15-12/h7-8H,4-6H2,1-3H3,(H,13,14,16). The van der Waals surface area contributed by atoms with Crippen molar-refractivity contribution in [3.63, 3.8) is 0 Å². The second-order valence-corrected chi connectivity index (χ2v) is 5.28. The van der Waals surface area contributed by atoms with Crippen molar-refractivity contribution in [3.8, 4) is 0 Å². The Morgan fingerprint density at radius 3 is 2.88 bits per heavy atom. The van der Waals surface area contributed by atoms with Gasteiger partial charge in [-0.2, -0.15) is 0 Å². The zero-order valence-corrected chi connectivity index (χ0v) is 10.9. The van der Waals surface area contributed by atoms with Crippen LogP contribution in [0.2, 0.25) is 0 Å². The molecule has 0 aliphatic carbocycles. The van der Waals surface area contributed by atoms with Gasteiger partial charge in [0.2, 0.25) is 0 Å². The second kappa shape index (κ2) is 4.26. The molecule has 0 amide bonds. The van der Waals surface area contributed by atoms with E-state index in [-0.39, 0.29) is 5.60 Å². The van der Waals surface area contributed by atoms with E-state index in [2.05, 4.69) is 30.7 Å². The maximum Gasteiger partial charge on any atom is 0.140 e. The van der Waals surface area contributed by atoms with Crippen molar-refractivity contribution in [1.82, 2.24) is 9.97 Å². The van der Waals surface area contributed by atoms with E-state index in [1.165, 1.54) is 0 Å². The van der Waals surface area contributed by atoms with E-state index in [1.54, 1.807) is 0 Å². The quantitative estimate of drug-likeness (QED) is 0.803. The molecule has 4 heteroatoms. The molecule has 1 aromatic rings. The number of rotatable bonds is 2. The maximum atomic E-state index is 5.78. The van der Waals surface area contributed by atoms with Crippen LogP contribution in [0.15, 0.2) is 6.07 Å². The largest absolute Gasteiger partial charge is 0.367 e. The molecule has 1 aliphatic rings. The number of nitrogens with one attached hydrogen (secondary N) is 1. The molecule has 3 nitrogen and oxygen atoms in total. The van der Waals surface area contributed by atoms with E-state index < -0.39 is 0 Å². The lowest BCUT2D eigenvalue weighted by Gasteiger charge is -2.23. The summed E-state index contributed by atoms with van der Waals surface area (Å²) in [6.07, 6.45) is 2.09. The summed E-state index contributed by atoms with van der Waals surface area (Å²) in [5, 5.41) is 0. The molecule has 88 valence electrons. The molecule has 0 bridgehead atoms. The first kappa shape index (κ1) is 11.7. The number of aromatic amines is 1. The SMILES string of the molecule is CC(C)c1cc(=S)nc(C2(C)CCCO2)[nH]1. The van der Waals surface area contributed by atoms with Gasteiger partial charge in [0.15, 0.2) is 0 Å². The molecular weight excluding hydrogens is 220 g/mol. The van der Waals surface area contributed by atoms with Gasteiger partial charge >= 0.3 is 0 Å². The van der Waals surface area contributed by atoms with Gasteiger partial charge in [0.25, 0.3) is 0 Å². The number of H-pyrrole nitrogens is 1.